The average molecular weight is 274 g/mol. The number of hydrogen-bond donors (Lipinski definition) is 1. The highest BCUT2D eigenvalue weighted by Gasteiger charge is 2.05. The van der Waals surface area contributed by atoms with Gasteiger partial charge in [0.05, 0.1) is 5.69 Å². The van der Waals surface area contributed by atoms with E-state index >= 15 is 0 Å². The summed E-state index contributed by atoms with van der Waals surface area (Å²) in [5.41, 5.74) is 2.17. The first kappa shape index (κ1) is 14.5. The van der Waals surface area contributed by atoms with Crippen molar-refractivity contribution in [3.8, 4) is 0 Å². The van der Waals surface area contributed by atoms with E-state index in [-0.39, 0.29) is 0 Å². The molecule has 0 fully saturated rings. The molecule has 0 saturated heterocycles. The number of aryl methyl sites for hydroxylation is 2. The molecule has 20 heavy (non-hydrogen) atoms. The van der Waals surface area contributed by atoms with E-state index in [1.54, 1.807) is 6.20 Å². The van der Waals surface area contributed by atoms with Crippen LogP contribution in [-0.2, 0) is 17.8 Å². The molecule has 0 saturated carbocycles. The van der Waals surface area contributed by atoms with Gasteiger partial charge in [0.25, 0.3) is 0 Å². The van der Waals surface area contributed by atoms with Crippen molar-refractivity contribution >= 4 is 5.95 Å². The van der Waals surface area contributed by atoms with Gasteiger partial charge in [0, 0.05) is 44.9 Å². The number of nitrogens with zero attached hydrogens (tertiary/aromatic N) is 3. The van der Waals surface area contributed by atoms with Crippen molar-refractivity contribution in [2.24, 2.45) is 0 Å². The second kappa shape index (κ2) is 7.65. The quantitative estimate of drug-likeness (QED) is 0.752. The summed E-state index contributed by atoms with van der Waals surface area (Å²) in [6, 6.07) is 3.99. The Morgan fingerprint density at radius 3 is 3.05 bits per heavy atom. The molecular weight excluding hydrogens is 252 g/mol. The number of aromatic nitrogens is 3. The third-order valence-electron chi connectivity index (χ3n) is 2.96. The van der Waals surface area contributed by atoms with Crippen molar-refractivity contribution in [2.75, 3.05) is 18.5 Å². The van der Waals surface area contributed by atoms with Crippen molar-refractivity contribution in [1.29, 1.82) is 0 Å². The second-order valence-electron chi connectivity index (χ2n) is 4.66. The molecular formula is C15H22N4O. The molecule has 5 heteroatoms. The molecule has 108 valence electrons. The van der Waals surface area contributed by atoms with Crippen LogP contribution in [0.5, 0.6) is 0 Å². The normalized spacial score (nSPS) is 10.7. The highest BCUT2D eigenvalue weighted by molar-refractivity contribution is 5.30. The Balaban J connectivity index is 1.90. The molecule has 1 N–H and O–H groups in total. The van der Waals surface area contributed by atoms with Gasteiger partial charge in [-0.1, -0.05) is 6.07 Å². The first-order valence-electron chi connectivity index (χ1n) is 7.04. The van der Waals surface area contributed by atoms with Gasteiger partial charge in [-0.2, -0.15) is 0 Å². The molecule has 0 spiro atoms. The van der Waals surface area contributed by atoms with Crippen LogP contribution in [0.25, 0.3) is 0 Å². The van der Waals surface area contributed by atoms with Crippen LogP contribution in [0.1, 0.15) is 24.6 Å². The summed E-state index contributed by atoms with van der Waals surface area (Å²) in [7, 11) is 0. The van der Waals surface area contributed by atoms with Gasteiger partial charge in [0.2, 0.25) is 5.95 Å². The summed E-state index contributed by atoms with van der Waals surface area (Å²) in [6.45, 7) is 7.23. The smallest absolute Gasteiger partial charge is 0.203 e. The molecule has 2 heterocycles. The lowest BCUT2D eigenvalue weighted by molar-refractivity contribution is 0.142. The lowest BCUT2D eigenvalue weighted by Crippen LogP contribution is -2.09. The lowest BCUT2D eigenvalue weighted by Gasteiger charge is -2.09. The number of imidazole rings is 1. The molecule has 5 nitrogen and oxygen atoms in total. The van der Waals surface area contributed by atoms with Gasteiger partial charge in [-0.15, -0.1) is 0 Å². The minimum Gasteiger partial charge on any atom is -0.382 e. The van der Waals surface area contributed by atoms with Crippen molar-refractivity contribution in [3.05, 3.63) is 42.0 Å². The zero-order valence-electron chi connectivity index (χ0n) is 12.2. The van der Waals surface area contributed by atoms with Crippen LogP contribution >= 0.6 is 0 Å². The third-order valence-corrected chi connectivity index (χ3v) is 2.96. The highest BCUT2D eigenvalue weighted by Crippen LogP contribution is 2.11. The predicted octanol–water partition coefficient (Wildman–Crippen LogP) is 2.63. The van der Waals surface area contributed by atoms with E-state index in [1.807, 2.05) is 26.1 Å². The number of nitrogens with one attached hydrogen (secondary N) is 1. The number of pyridine rings is 1. The van der Waals surface area contributed by atoms with Crippen LogP contribution in [0, 0.1) is 6.92 Å². The molecule has 0 aliphatic rings. The lowest BCUT2D eigenvalue weighted by atomic mass is 10.3. The molecule has 0 bridgehead atoms. The number of hydrogen-bond acceptors (Lipinski definition) is 4. The fourth-order valence-electron chi connectivity index (χ4n) is 2.02. The van der Waals surface area contributed by atoms with Crippen LogP contribution in [0.15, 0.2) is 30.7 Å². The summed E-state index contributed by atoms with van der Waals surface area (Å²) in [4.78, 5) is 8.63. The fraction of sp³-hybridized carbons (Fsp3) is 0.467. The van der Waals surface area contributed by atoms with Crippen molar-refractivity contribution in [2.45, 2.75) is 33.4 Å². The van der Waals surface area contributed by atoms with Gasteiger partial charge >= 0.3 is 0 Å². The molecule has 0 aromatic carbocycles. The molecule has 0 radical (unpaired) electrons. The first-order valence-corrected chi connectivity index (χ1v) is 7.04. The zero-order valence-corrected chi connectivity index (χ0v) is 12.2. The van der Waals surface area contributed by atoms with E-state index in [1.165, 1.54) is 0 Å². The van der Waals surface area contributed by atoms with Gasteiger partial charge in [-0.05, 0) is 31.9 Å². The monoisotopic (exact) mass is 274 g/mol. The van der Waals surface area contributed by atoms with Crippen LogP contribution < -0.4 is 5.32 Å². The van der Waals surface area contributed by atoms with E-state index in [9.17, 15) is 0 Å². The Labute approximate surface area is 120 Å². The summed E-state index contributed by atoms with van der Waals surface area (Å²) < 4.78 is 7.51. The predicted molar refractivity (Wildman–Crippen MR) is 79.6 cm³/mol. The molecule has 0 aliphatic carbocycles. The number of rotatable bonds is 8. The molecule has 0 unspecified atom stereocenters. The van der Waals surface area contributed by atoms with Crippen LogP contribution in [0.4, 0.5) is 5.95 Å². The van der Waals surface area contributed by atoms with Gasteiger partial charge in [-0.3, -0.25) is 4.98 Å². The minimum atomic E-state index is 0.732. The fourth-order valence-corrected chi connectivity index (χ4v) is 2.02. The van der Waals surface area contributed by atoms with E-state index in [0.717, 1.165) is 49.9 Å². The molecule has 0 aliphatic heterocycles. The van der Waals surface area contributed by atoms with Gasteiger partial charge in [0.1, 0.15) is 0 Å². The summed E-state index contributed by atoms with van der Waals surface area (Å²) in [6.07, 6.45) is 6.70. The maximum Gasteiger partial charge on any atom is 0.203 e. The molecule has 2 aromatic heterocycles. The second-order valence-corrected chi connectivity index (χ2v) is 4.66. The van der Waals surface area contributed by atoms with E-state index < -0.39 is 0 Å². The van der Waals surface area contributed by atoms with Crippen LogP contribution in [0.3, 0.4) is 0 Å². The Bertz CT molecular complexity index is 510. The van der Waals surface area contributed by atoms with Crippen molar-refractivity contribution in [3.63, 3.8) is 0 Å². The van der Waals surface area contributed by atoms with Gasteiger partial charge < -0.3 is 14.6 Å². The third kappa shape index (κ3) is 4.35. The summed E-state index contributed by atoms with van der Waals surface area (Å²) >= 11 is 0. The Kier molecular flexibility index (Phi) is 5.55. The highest BCUT2D eigenvalue weighted by atomic mass is 16.5. The maximum absolute atomic E-state index is 5.37. The molecule has 2 aromatic rings. The number of anilines is 1. The van der Waals surface area contributed by atoms with Crippen molar-refractivity contribution < 1.29 is 4.74 Å². The standard InChI is InChI=1S/C15H22N4O/c1-3-20-9-5-8-19-12-13(2)18-15(19)17-11-14-6-4-7-16-10-14/h4,6-7,10,12H,3,5,8-9,11H2,1-2H3,(H,17,18). The van der Waals surface area contributed by atoms with Gasteiger partial charge in [0.15, 0.2) is 0 Å². The van der Waals surface area contributed by atoms with Crippen molar-refractivity contribution in [1.82, 2.24) is 14.5 Å². The van der Waals surface area contributed by atoms with Crippen LogP contribution in [0.2, 0.25) is 0 Å². The van der Waals surface area contributed by atoms with Crippen LogP contribution in [-0.4, -0.2) is 27.7 Å². The van der Waals surface area contributed by atoms with E-state index in [2.05, 4.69) is 32.1 Å². The maximum atomic E-state index is 5.37. The zero-order chi connectivity index (χ0) is 14.2. The number of ether oxygens (including phenoxy) is 1. The van der Waals surface area contributed by atoms with Gasteiger partial charge in [-0.25, -0.2) is 4.98 Å². The minimum absolute atomic E-state index is 0.732. The first-order chi connectivity index (χ1) is 9.79. The van der Waals surface area contributed by atoms with E-state index in [4.69, 9.17) is 4.74 Å². The Hall–Kier alpha value is -1.88. The Morgan fingerprint density at radius 2 is 2.30 bits per heavy atom. The summed E-state index contributed by atoms with van der Waals surface area (Å²) in [5.74, 6) is 0.905. The molecule has 2 rings (SSSR count). The molecule has 0 atom stereocenters. The topological polar surface area (TPSA) is 52.0 Å². The summed E-state index contributed by atoms with van der Waals surface area (Å²) in [5, 5.41) is 3.36. The van der Waals surface area contributed by atoms with E-state index in [0.29, 0.717) is 0 Å². The SMILES string of the molecule is CCOCCCn1cc(C)nc1NCc1cccnc1. The average Bonchev–Trinajstić information content (AvgIpc) is 2.83. The largest absolute Gasteiger partial charge is 0.382 e. The molecule has 0 amide bonds. The Morgan fingerprint density at radius 1 is 1.40 bits per heavy atom.